The van der Waals surface area contributed by atoms with Crippen LogP contribution in [0.4, 0.5) is 5.13 Å². The summed E-state index contributed by atoms with van der Waals surface area (Å²) in [5.41, 5.74) is 6.59. The second-order valence-electron chi connectivity index (χ2n) is 2.85. The van der Waals surface area contributed by atoms with E-state index in [1.165, 1.54) is 11.3 Å². The first kappa shape index (κ1) is 9.73. The second kappa shape index (κ2) is 4.14. The highest BCUT2D eigenvalue weighted by Gasteiger charge is 2.07. The minimum atomic E-state index is 0.603. The molecule has 0 radical (unpaired) electrons. The lowest BCUT2D eigenvalue weighted by molar-refractivity contribution is 0.507. The van der Waals surface area contributed by atoms with E-state index in [9.17, 15) is 0 Å². The molecule has 0 saturated carbocycles. The molecule has 0 saturated heterocycles. The molecule has 0 aliphatic rings. The molecular weight excluding hydrogens is 264 g/mol. The smallest absolute Gasteiger partial charge is 0.181 e. The Hall–Kier alpha value is -0.810. The third-order valence-electron chi connectivity index (χ3n) is 1.85. The maximum Gasteiger partial charge on any atom is 0.181 e. The van der Waals surface area contributed by atoms with Crippen LogP contribution in [0.1, 0.15) is 11.5 Å². The molecule has 0 unspecified atom stereocenters. The summed E-state index contributed by atoms with van der Waals surface area (Å²) in [5, 5.41) is 0.603. The molecule has 0 bridgehead atoms. The van der Waals surface area contributed by atoms with Crippen molar-refractivity contribution in [2.24, 2.45) is 0 Å². The number of aromatic nitrogens is 1. The first-order chi connectivity index (χ1) is 6.75. The van der Waals surface area contributed by atoms with Crippen molar-refractivity contribution in [3.05, 3.63) is 33.6 Å². The standard InChI is InChI=1S/C9H9BrN2OS/c10-8-7(12-9(11)14-8)4-3-6-2-1-5-13-6/h1-2,5H,3-4H2,(H2,11,12). The van der Waals surface area contributed by atoms with Crippen molar-refractivity contribution < 1.29 is 4.42 Å². The summed E-state index contributed by atoms with van der Waals surface area (Å²) >= 11 is 4.89. The monoisotopic (exact) mass is 272 g/mol. The number of hydrogen-bond acceptors (Lipinski definition) is 4. The Labute approximate surface area is 94.1 Å². The van der Waals surface area contributed by atoms with Crippen LogP contribution < -0.4 is 5.73 Å². The van der Waals surface area contributed by atoms with E-state index in [1.807, 2.05) is 12.1 Å². The van der Waals surface area contributed by atoms with E-state index in [4.69, 9.17) is 10.2 Å². The topological polar surface area (TPSA) is 52.0 Å². The molecule has 0 aliphatic carbocycles. The molecule has 0 fully saturated rings. The Bertz CT molecular complexity index is 410. The fourth-order valence-electron chi connectivity index (χ4n) is 1.20. The number of nitrogen functional groups attached to an aromatic ring is 1. The maximum atomic E-state index is 5.58. The summed E-state index contributed by atoms with van der Waals surface area (Å²) in [6, 6.07) is 3.85. The van der Waals surface area contributed by atoms with Crippen LogP contribution in [0, 0.1) is 0 Å². The van der Waals surface area contributed by atoms with Gasteiger partial charge in [0.2, 0.25) is 0 Å². The number of anilines is 1. The normalized spacial score (nSPS) is 10.6. The quantitative estimate of drug-likeness (QED) is 0.935. The lowest BCUT2D eigenvalue weighted by Gasteiger charge is -1.94. The van der Waals surface area contributed by atoms with Gasteiger partial charge in [-0.3, -0.25) is 0 Å². The average Bonchev–Trinajstić information content (AvgIpc) is 2.72. The van der Waals surface area contributed by atoms with E-state index in [0.717, 1.165) is 28.1 Å². The lowest BCUT2D eigenvalue weighted by atomic mass is 10.2. The molecule has 14 heavy (non-hydrogen) atoms. The Balaban J connectivity index is 2.01. The minimum Gasteiger partial charge on any atom is -0.469 e. The fraction of sp³-hybridized carbons (Fsp3) is 0.222. The first-order valence-electron chi connectivity index (χ1n) is 4.19. The Morgan fingerprint density at radius 1 is 1.50 bits per heavy atom. The highest BCUT2D eigenvalue weighted by molar-refractivity contribution is 9.11. The summed E-state index contributed by atoms with van der Waals surface area (Å²) in [5.74, 6) is 0.975. The molecule has 0 aromatic carbocycles. The zero-order valence-electron chi connectivity index (χ0n) is 7.37. The van der Waals surface area contributed by atoms with Gasteiger partial charge in [0, 0.05) is 6.42 Å². The number of aryl methyl sites for hydroxylation is 2. The summed E-state index contributed by atoms with van der Waals surface area (Å²) in [6.07, 6.45) is 3.39. The van der Waals surface area contributed by atoms with Gasteiger partial charge in [-0.15, -0.1) is 0 Å². The van der Waals surface area contributed by atoms with Crippen LogP contribution in [0.15, 0.2) is 26.6 Å². The van der Waals surface area contributed by atoms with Crippen molar-refractivity contribution in [1.29, 1.82) is 0 Å². The largest absolute Gasteiger partial charge is 0.469 e. The van der Waals surface area contributed by atoms with Gasteiger partial charge in [-0.05, 0) is 34.5 Å². The molecule has 0 spiro atoms. The Morgan fingerprint density at radius 3 is 2.93 bits per heavy atom. The van der Waals surface area contributed by atoms with Crippen molar-refractivity contribution in [3.8, 4) is 0 Å². The fourth-order valence-corrected chi connectivity index (χ4v) is 2.59. The molecule has 3 nitrogen and oxygen atoms in total. The first-order valence-corrected chi connectivity index (χ1v) is 5.79. The number of nitrogens with two attached hydrogens (primary N) is 1. The lowest BCUT2D eigenvalue weighted by Crippen LogP contribution is -1.91. The van der Waals surface area contributed by atoms with E-state index in [1.54, 1.807) is 6.26 Å². The maximum absolute atomic E-state index is 5.58. The van der Waals surface area contributed by atoms with Crippen LogP contribution in [0.5, 0.6) is 0 Å². The van der Waals surface area contributed by atoms with Gasteiger partial charge >= 0.3 is 0 Å². The van der Waals surface area contributed by atoms with E-state index < -0.39 is 0 Å². The van der Waals surface area contributed by atoms with Gasteiger partial charge in [-0.1, -0.05) is 11.3 Å². The number of rotatable bonds is 3. The molecule has 0 atom stereocenters. The molecule has 2 rings (SSSR count). The van der Waals surface area contributed by atoms with Crippen molar-refractivity contribution in [1.82, 2.24) is 4.98 Å². The Morgan fingerprint density at radius 2 is 2.36 bits per heavy atom. The van der Waals surface area contributed by atoms with E-state index in [-0.39, 0.29) is 0 Å². The van der Waals surface area contributed by atoms with Crippen molar-refractivity contribution in [3.63, 3.8) is 0 Å². The van der Waals surface area contributed by atoms with Gasteiger partial charge in [0.1, 0.15) is 5.76 Å². The van der Waals surface area contributed by atoms with Gasteiger partial charge < -0.3 is 10.2 Å². The Kier molecular flexibility index (Phi) is 2.88. The van der Waals surface area contributed by atoms with Crippen molar-refractivity contribution in [2.75, 3.05) is 5.73 Å². The van der Waals surface area contributed by atoms with Crippen LogP contribution in [0.3, 0.4) is 0 Å². The van der Waals surface area contributed by atoms with Gasteiger partial charge in [0.25, 0.3) is 0 Å². The zero-order chi connectivity index (χ0) is 9.97. The van der Waals surface area contributed by atoms with Crippen LogP contribution in [-0.4, -0.2) is 4.98 Å². The summed E-state index contributed by atoms with van der Waals surface area (Å²) in [6.45, 7) is 0. The average molecular weight is 273 g/mol. The van der Waals surface area contributed by atoms with E-state index in [2.05, 4.69) is 20.9 Å². The summed E-state index contributed by atoms with van der Waals surface area (Å²) < 4.78 is 6.25. The number of hydrogen-bond donors (Lipinski definition) is 1. The predicted octanol–water partition coefficient (Wildman–Crippen LogP) is 2.87. The number of nitrogens with zero attached hydrogens (tertiary/aromatic N) is 1. The molecule has 2 N–H and O–H groups in total. The number of halogens is 1. The van der Waals surface area contributed by atoms with E-state index >= 15 is 0 Å². The van der Waals surface area contributed by atoms with Gasteiger partial charge in [0.15, 0.2) is 5.13 Å². The number of thiazole rings is 1. The van der Waals surface area contributed by atoms with Crippen LogP contribution in [0.2, 0.25) is 0 Å². The highest BCUT2D eigenvalue weighted by Crippen LogP contribution is 2.27. The molecule has 74 valence electrons. The highest BCUT2D eigenvalue weighted by atomic mass is 79.9. The predicted molar refractivity (Wildman–Crippen MR) is 60.3 cm³/mol. The molecule has 5 heteroatoms. The summed E-state index contributed by atoms with van der Waals surface area (Å²) in [7, 11) is 0. The van der Waals surface area contributed by atoms with Gasteiger partial charge in [-0.2, -0.15) is 0 Å². The minimum absolute atomic E-state index is 0.603. The number of furan rings is 1. The molecule has 0 aliphatic heterocycles. The second-order valence-corrected chi connectivity index (χ2v) is 5.20. The van der Waals surface area contributed by atoms with Gasteiger partial charge in [0.05, 0.1) is 15.7 Å². The summed E-state index contributed by atoms with van der Waals surface area (Å²) in [4.78, 5) is 4.22. The van der Waals surface area contributed by atoms with Crippen molar-refractivity contribution in [2.45, 2.75) is 12.8 Å². The van der Waals surface area contributed by atoms with Crippen LogP contribution in [-0.2, 0) is 12.8 Å². The van der Waals surface area contributed by atoms with Crippen LogP contribution >= 0.6 is 27.3 Å². The molecular formula is C9H9BrN2OS. The molecule has 2 aromatic heterocycles. The molecule has 0 amide bonds. The third kappa shape index (κ3) is 2.16. The SMILES string of the molecule is Nc1nc(CCc2ccco2)c(Br)s1. The van der Waals surface area contributed by atoms with Gasteiger partial charge in [-0.25, -0.2) is 4.98 Å². The van der Waals surface area contributed by atoms with E-state index in [0.29, 0.717) is 5.13 Å². The molecule has 2 aromatic rings. The zero-order valence-corrected chi connectivity index (χ0v) is 9.77. The van der Waals surface area contributed by atoms with Crippen molar-refractivity contribution >= 4 is 32.4 Å². The third-order valence-corrected chi connectivity index (χ3v) is 3.51. The molecule has 2 heterocycles. The van der Waals surface area contributed by atoms with Crippen LogP contribution in [0.25, 0.3) is 0 Å².